The Kier molecular flexibility index (Phi) is 5.87. The van der Waals surface area contributed by atoms with E-state index < -0.39 is 22.0 Å². The van der Waals surface area contributed by atoms with Gasteiger partial charge in [-0.1, -0.05) is 6.07 Å². The Morgan fingerprint density at radius 2 is 1.83 bits per heavy atom. The summed E-state index contributed by atoms with van der Waals surface area (Å²) in [4.78, 5) is 24.2. The van der Waals surface area contributed by atoms with Crippen molar-refractivity contribution in [1.82, 2.24) is 4.31 Å². The Balaban J connectivity index is 1.79. The van der Waals surface area contributed by atoms with Crippen LogP contribution in [0.25, 0.3) is 0 Å². The van der Waals surface area contributed by atoms with Crippen LogP contribution in [0, 0.1) is 20.8 Å². The van der Waals surface area contributed by atoms with Gasteiger partial charge in [0.1, 0.15) is 5.75 Å². The van der Waals surface area contributed by atoms with Crippen molar-refractivity contribution in [2.24, 2.45) is 0 Å². The quantitative estimate of drug-likeness (QED) is 0.757. The highest BCUT2D eigenvalue weighted by molar-refractivity contribution is 7.89. The molecule has 8 nitrogen and oxygen atoms in total. The standard InChI is InChI=1S/C21H25N3O5S/c1-12-6-7-16(8-13(12)2)22-20(25)11-24(5)30(27,28)19-10-18-17(9-14(19)3)23-21(26)15(4)29-18/h6-10,15H,11H2,1-5H3,(H,22,25)(H,23,26). The molecule has 0 aromatic heterocycles. The van der Waals surface area contributed by atoms with Crippen LogP contribution in [0.5, 0.6) is 5.75 Å². The molecular weight excluding hydrogens is 406 g/mol. The first kappa shape index (κ1) is 21.8. The molecule has 3 rings (SSSR count). The highest BCUT2D eigenvalue weighted by Gasteiger charge is 2.30. The predicted molar refractivity (Wildman–Crippen MR) is 114 cm³/mol. The number of fused-ring (bicyclic) bond motifs is 1. The van der Waals surface area contributed by atoms with Gasteiger partial charge < -0.3 is 15.4 Å². The van der Waals surface area contributed by atoms with Crippen LogP contribution >= 0.6 is 0 Å². The van der Waals surface area contributed by atoms with Gasteiger partial charge in [-0.3, -0.25) is 9.59 Å². The lowest BCUT2D eigenvalue weighted by atomic mass is 10.1. The molecule has 160 valence electrons. The summed E-state index contributed by atoms with van der Waals surface area (Å²) in [5.41, 5.74) is 3.60. The van der Waals surface area contributed by atoms with Crippen LogP contribution in [0.4, 0.5) is 11.4 Å². The van der Waals surface area contributed by atoms with Gasteiger partial charge in [0.05, 0.1) is 17.1 Å². The average Bonchev–Trinajstić information content (AvgIpc) is 2.65. The van der Waals surface area contributed by atoms with Crippen molar-refractivity contribution in [3.63, 3.8) is 0 Å². The topological polar surface area (TPSA) is 105 Å². The summed E-state index contributed by atoms with van der Waals surface area (Å²) >= 11 is 0. The van der Waals surface area contributed by atoms with E-state index in [1.54, 1.807) is 26.0 Å². The number of likely N-dealkylation sites (N-methyl/N-ethyl adjacent to an activating group) is 1. The molecule has 0 saturated carbocycles. The molecule has 0 saturated heterocycles. The van der Waals surface area contributed by atoms with Crippen molar-refractivity contribution in [2.45, 2.75) is 38.7 Å². The minimum Gasteiger partial charge on any atom is -0.479 e. The summed E-state index contributed by atoms with van der Waals surface area (Å²) in [6.07, 6.45) is -0.725. The lowest BCUT2D eigenvalue weighted by Gasteiger charge is -2.25. The van der Waals surface area contributed by atoms with E-state index in [1.807, 2.05) is 26.0 Å². The largest absolute Gasteiger partial charge is 0.479 e. The fraction of sp³-hybridized carbons (Fsp3) is 0.333. The van der Waals surface area contributed by atoms with E-state index in [0.29, 0.717) is 16.9 Å². The second-order valence-corrected chi connectivity index (χ2v) is 9.48. The predicted octanol–water partition coefficient (Wildman–Crippen LogP) is 2.59. The number of carbonyl (C=O) groups excluding carboxylic acids is 2. The molecule has 2 amide bonds. The molecule has 1 heterocycles. The molecule has 2 aromatic rings. The van der Waals surface area contributed by atoms with Crippen LogP contribution in [0.1, 0.15) is 23.6 Å². The molecule has 0 aliphatic carbocycles. The minimum atomic E-state index is -3.96. The Hall–Kier alpha value is -2.91. The van der Waals surface area contributed by atoms with Gasteiger partial charge in [0.2, 0.25) is 15.9 Å². The Morgan fingerprint density at radius 3 is 2.50 bits per heavy atom. The van der Waals surface area contributed by atoms with Gasteiger partial charge in [-0.25, -0.2) is 8.42 Å². The third-order valence-corrected chi connectivity index (χ3v) is 7.00. The van der Waals surface area contributed by atoms with E-state index in [1.165, 1.54) is 13.1 Å². The van der Waals surface area contributed by atoms with Crippen molar-refractivity contribution >= 4 is 33.2 Å². The van der Waals surface area contributed by atoms with Gasteiger partial charge in [-0.15, -0.1) is 0 Å². The van der Waals surface area contributed by atoms with E-state index >= 15 is 0 Å². The van der Waals surface area contributed by atoms with Gasteiger partial charge in [0, 0.05) is 18.8 Å². The number of rotatable bonds is 5. The number of benzene rings is 2. The number of sulfonamides is 1. The van der Waals surface area contributed by atoms with E-state index in [4.69, 9.17) is 4.74 Å². The van der Waals surface area contributed by atoms with Crippen molar-refractivity contribution in [1.29, 1.82) is 0 Å². The van der Waals surface area contributed by atoms with Gasteiger partial charge in [-0.05, 0) is 62.6 Å². The number of hydrogen-bond donors (Lipinski definition) is 2. The first-order valence-corrected chi connectivity index (χ1v) is 10.9. The van der Waals surface area contributed by atoms with Crippen molar-refractivity contribution in [3.8, 4) is 5.75 Å². The summed E-state index contributed by atoms with van der Waals surface area (Å²) in [6, 6.07) is 8.43. The monoisotopic (exact) mass is 431 g/mol. The third-order valence-electron chi connectivity index (χ3n) is 5.05. The van der Waals surface area contributed by atoms with Crippen LogP contribution in [0.2, 0.25) is 0 Å². The molecular formula is C21H25N3O5S. The van der Waals surface area contributed by atoms with Gasteiger partial charge >= 0.3 is 0 Å². The normalized spacial score (nSPS) is 15.9. The highest BCUT2D eigenvalue weighted by Crippen LogP contribution is 2.35. The molecule has 2 aromatic carbocycles. The van der Waals surface area contributed by atoms with Gasteiger partial charge in [-0.2, -0.15) is 4.31 Å². The lowest BCUT2D eigenvalue weighted by molar-refractivity contribution is -0.122. The van der Waals surface area contributed by atoms with E-state index in [0.717, 1.165) is 15.4 Å². The summed E-state index contributed by atoms with van der Waals surface area (Å²) in [5.74, 6) is -0.464. The zero-order chi connectivity index (χ0) is 22.2. The molecule has 0 radical (unpaired) electrons. The van der Waals surface area contributed by atoms with Crippen molar-refractivity contribution in [2.75, 3.05) is 24.2 Å². The molecule has 2 N–H and O–H groups in total. The molecule has 0 spiro atoms. The molecule has 1 unspecified atom stereocenters. The highest BCUT2D eigenvalue weighted by atomic mass is 32.2. The van der Waals surface area contributed by atoms with Crippen LogP contribution in [0.15, 0.2) is 35.2 Å². The van der Waals surface area contributed by atoms with Gasteiger partial charge in [0.15, 0.2) is 6.10 Å². The van der Waals surface area contributed by atoms with E-state index in [2.05, 4.69) is 10.6 Å². The average molecular weight is 432 g/mol. The zero-order valence-corrected chi connectivity index (χ0v) is 18.4. The fourth-order valence-corrected chi connectivity index (χ4v) is 4.44. The lowest BCUT2D eigenvalue weighted by Crippen LogP contribution is -2.36. The molecule has 1 atom stereocenters. The van der Waals surface area contributed by atoms with Crippen LogP contribution < -0.4 is 15.4 Å². The maximum atomic E-state index is 13.1. The smallest absolute Gasteiger partial charge is 0.265 e. The number of aryl methyl sites for hydroxylation is 3. The number of nitrogens with one attached hydrogen (secondary N) is 2. The summed E-state index contributed by atoms with van der Waals surface area (Å²) in [7, 11) is -2.61. The summed E-state index contributed by atoms with van der Waals surface area (Å²) in [5, 5.41) is 5.41. The molecule has 1 aliphatic heterocycles. The van der Waals surface area contributed by atoms with Gasteiger partial charge in [0.25, 0.3) is 5.91 Å². The molecule has 30 heavy (non-hydrogen) atoms. The van der Waals surface area contributed by atoms with Crippen LogP contribution in [-0.2, 0) is 19.6 Å². The number of hydrogen-bond acceptors (Lipinski definition) is 5. The van der Waals surface area contributed by atoms with Crippen LogP contribution in [0.3, 0.4) is 0 Å². The molecule has 0 bridgehead atoms. The van der Waals surface area contributed by atoms with E-state index in [9.17, 15) is 18.0 Å². The number of anilines is 2. The SMILES string of the molecule is Cc1ccc(NC(=O)CN(C)S(=O)(=O)c2cc3c(cc2C)NC(=O)C(C)O3)cc1C. The molecule has 0 fully saturated rings. The van der Waals surface area contributed by atoms with Crippen molar-refractivity contribution < 1.29 is 22.7 Å². The molecule has 9 heteroatoms. The van der Waals surface area contributed by atoms with E-state index in [-0.39, 0.29) is 23.1 Å². The number of ether oxygens (including phenoxy) is 1. The third kappa shape index (κ3) is 4.31. The second kappa shape index (κ2) is 8.08. The number of amides is 2. The zero-order valence-electron chi connectivity index (χ0n) is 17.6. The summed E-state index contributed by atoms with van der Waals surface area (Å²) < 4.78 is 32.7. The Labute approximate surface area is 176 Å². The Morgan fingerprint density at radius 1 is 1.13 bits per heavy atom. The number of nitrogens with zero attached hydrogens (tertiary/aromatic N) is 1. The summed E-state index contributed by atoms with van der Waals surface area (Å²) in [6.45, 7) is 6.76. The minimum absolute atomic E-state index is 0.0195. The van der Waals surface area contributed by atoms with Crippen molar-refractivity contribution in [3.05, 3.63) is 47.0 Å². The first-order chi connectivity index (χ1) is 14.0. The maximum Gasteiger partial charge on any atom is 0.265 e. The number of carbonyl (C=O) groups is 2. The first-order valence-electron chi connectivity index (χ1n) is 9.44. The molecule has 1 aliphatic rings. The maximum absolute atomic E-state index is 13.1. The fourth-order valence-electron chi connectivity index (χ4n) is 3.10. The van der Waals surface area contributed by atoms with Crippen LogP contribution in [-0.4, -0.2) is 44.2 Å². The second-order valence-electron chi connectivity index (χ2n) is 7.47. The Bertz CT molecular complexity index is 1130.